The van der Waals surface area contributed by atoms with Gasteiger partial charge < -0.3 is 9.80 Å². The standard InChI is InChI=1S/C21H29N5O3S3/c1-17-22-19(15-30-17)16-31-20-5-3-18(4-6-20)21(27)24-9-13-26(14-10-24)32(28,29)25-11-7-23(2)8-12-25/h3-6,15H,7-14,16H2,1-2H3. The Labute approximate surface area is 198 Å². The van der Waals surface area contributed by atoms with Crippen molar-refractivity contribution in [3.63, 3.8) is 0 Å². The minimum Gasteiger partial charge on any atom is -0.336 e. The second-order valence-corrected chi connectivity index (χ2v) is 12.1. The summed E-state index contributed by atoms with van der Waals surface area (Å²) in [5.41, 5.74) is 1.70. The van der Waals surface area contributed by atoms with Crippen LogP contribution < -0.4 is 0 Å². The lowest BCUT2D eigenvalue weighted by atomic mass is 10.2. The average molecular weight is 496 g/mol. The van der Waals surface area contributed by atoms with E-state index in [1.54, 1.807) is 32.3 Å². The molecule has 2 saturated heterocycles. The van der Waals surface area contributed by atoms with Crippen LogP contribution in [0, 0.1) is 6.92 Å². The largest absolute Gasteiger partial charge is 0.336 e. The number of thiazole rings is 1. The molecule has 1 aromatic carbocycles. The number of benzene rings is 1. The topological polar surface area (TPSA) is 77.1 Å². The van der Waals surface area contributed by atoms with Crippen LogP contribution in [-0.2, 0) is 16.0 Å². The average Bonchev–Trinajstić information content (AvgIpc) is 3.23. The fourth-order valence-corrected chi connectivity index (χ4v) is 6.90. The van der Waals surface area contributed by atoms with Gasteiger partial charge in [-0.15, -0.1) is 23.1 Å². The van der Waals surface area contributed by atoms with Crippen LogP contribution in [-0.4, -0.2) is 97.1 Å². The molecule has 0 unspecified atom stereocenters. The maximum absolute atomic E-state index is 12.9. The molecule has 3 heterocycles. The maximum atomic E-state index is 12.9. The number of hydrogen-bond donors (Lipinski definition) is 0. The number of amides is 1. The van der Waals surface area contributed by atoms with E-state index in [2.05, 4.69) is 15.3 Å². The third-order valence-corrected chi connectivity index (χ3v) is 9.70. The van der Waals surface area contributed by atoms with Crippen LogP contribution in [0.4, 0.5) is 0 Å². The number of aryl methyl sites for hydroxylation is 1. The van der Waals surface area contributed by atoms with Crippen molar-refractivity contribution in [1.29, 1.82) is 0 Å². The molecule has 0 bridgehead atoms. The van der Waals surface area contributed by atoms with E-state index >= 15 is 0 Å². The Bertz CT molecular complexity index is 1030. The number of nitrogens with zero attached hydrogens (tertiary/aromatic N) is 5. The highest BCUT2D eigenvalue weighted by molar-refractivity contribution is 7.98. The molecule has 11 heteroatoms. The summed E-state index contributed by atoms with van der Waals surface area (Å²) in [6, 6.07) is 7.63. The molecule has 32 heavy (non-hydrogen) atoms. The lowest BCUT2D eigenvalue weighted by Gasteiger charge is -2.39. The van der Waals surface area contributed by atoms with Gasteiger partial charge in [-0.05, 0) is 38.2 Å². The van der Waals surface area contributed by atoms with Crippen LogP contribution in [0.5, 0.6) is 0 Å². The Morgan fingerprint density at radius 3 is 2.16 bits per heavy atom. The van der Waals surface area contributed by atoms with Gasteiger partial charge in [-0.25, -0.2) is 4.98 Å². The highest BCUT2D eigenvalue weighted by Gasteiger charge is 2.34. The van der Waals surface area contributed by atoms with E-state index in [0.717, 1.165) is 34.4 Å². The first-order chi connectivity index (χ1) is 15.3. The van der Waals surface area contributed by atoms with Gasteiger partial charge in [-0.2, -0.15) is 17.0 Å². The van der Waals surface area contributed by atoms with Crippen molar-refractivity contribution >= 4 is 39.2 Å². The molecule has 0 radical (unpaired) electrons. The van der Waals surface area contributed by atoms with Crippen LogP contribution in [0.25, 0.3) is 0 Å². The molecule has 0 N–H and O–H groups in total. The minimum absolute atomic E-state index is 0.0479. The maximum Gasteiger partial charge on any atom is 0.282 e. The smallest absolute Gasteiger partial charge is 0.282 e. The third-order valence-electron chi connectivity index (χ3n) is 5.80. The zero-order valence-electron chi connectivity index (χ0n) is 18.4. The van der Waals surface area contributed by atoms with Gasteiger partial charge in [0, 0.05) is 73.9 Å². The molecule has 2 fully saturated rings. The Morgan fingerprint density at radius 1 is 1.00 bits per heavy atom. The summed E-state index contributed by atoms with van der Waals surface area (Å²) in [5, 5.41) is 3.14. The number of thioether (sulfide) groups is 1. The molecule has 0 saturated carbocycles. The van der Waals surface area contributed by atoms with Crippen molar-refractivity contribution in [3.8, 4) is 0 Å². The molecule has 4 rings (SSSR count). The number of likely N-dealkylation sites (N-methyl/N-ethyl adjacent to an activating group) is 1. The highest BCUT2D eigenvalue weighted by atomic mass is 32.2. The van der Waals surface area contributed by atoms with Crippen molar-refractivity contribution in [3.05, 3.63) is 45.9 Å². The lowest BCUT2D eigenvalue weighted by molar-refractivity contribution is 0.0692. The predicted octanol–water partition coefficient (Wildman–Crippen LogP) is 1.99. The Morgan fingerprint density at radius 2 is 1.59 bits per heavy atom. The van der Waals surface area contributed by atoms with Gasteiger partial charge >= 0.3 is 0 Å². The van der Waals surface area contributed by atoms with E-state index in [1.807, 2.05) is 38.2 Å². The zero-order chi connectivity index (χ0) is 22.7. The molecule has 2 aromatic rings. The monoisotopic (exact) mass is 495 g/mol. The van der Waals surface area contributed by atoms with Crippen LogP contribution in [0.2, 0.25) is 0 Å². The number of hydrogen-bond acceptors (Lipinski definition) is 7. The lowest BCUT2D eigenvalue weighted by Crippen LogP contribution is -2.57. The van der Waals surface area contributed by atoms with Gasteiger partial charge in [0.1, 0.15) is 0 Å². The van der Waals surface area contributed by atoms with Gasteiger partial charge in [-0.3, -0.25) is 4.79 Å². The van der Waals surface area contributed by atoms with E-state index in [9.17, 15) is 13.2 Å². The van der Waals surface area contributed by atoms with E-state index in [-0.39, 0.29) is 5.91 Å². The van der Waals surface area contributed by atoms with Crippen molar-refractivity contribution in [2.45, 2.75) is 17.6 Å². The van der Waals surface area contributed by atoms with Crippen molar-refractivity contribution in [1.82, 2.24) is 23.4 Å². The molecule has 1 amide bonds. The summed E-state index contributed by atoms with van der Waals surface area (Å²) in [7, 11) is -1.46. The summed E-state index contributed by atoms with van der Waals surface area (Å²) in [6.07, 6.45) is 0. The van der Waals surface area contributed by atoms with Crippen molar-refractivity contribution in [2.24, 2.45) is 0 Å². The first-order valence-electron chi connectivity index (χ1n) is 10.7. The molecule has 0 aliphatic carbocycles. The highest BCUT2D eigenvalue weighted by Crippen LogP contribution is 2.24. The summed E-state index contributed by atoms with van der Waals surface area (Å²) >= 11 is 3.35. The van der Waals surface area contributed by atoms with E-state index < -0.39 is 10.2 Å². The van der Waals surface area contributed by atoms with Crippen LogP contribution in [0.15, 0.2) is 34.5 Å². The minimum atomic E-state index is -3.46. The van der Waals surface area contributed by atoms with Crippen molar-refractivity contribution in [2.75, 3.05) is 59.4 Å². The second kappa shape index (κ2) is 10.2. The van der Waals surface area contributed by atoms with Crippen molar-refractivity contribution < 1.29 is 13.2 Å². The normalized spacial score (nSPS) is 19.4. The zero-order valence-corrected chi connectivity index (χ0v) is 20.9. The molecule has 0 spiro atoms. The Hall–Kier alpha value is -1.50. The predicted molar refractivity (Wildman–Crippen MR) is 128 cm³/mol. The van der Waals surface area contributed by atoms with E-state index in [4.69, 9.17) is 0 Å². The molecule has 1 aromatic heterocycles. The summed E-state index contributed by atoms with van der Waals surface area (Å²) < 4.78 is 28.9. The summed E-state index contributed by atoms with van der Waals surface area (Å²) in [5.74, 6) is 0.759. The molecule has 2 aliphatic rings. The van der Waals surface area contributed by atoms with Crippen LogP contribution >= 0.6 is 23.1 Å². The summed E-state index contributed by atoms with van der Waals surface area (Å²) in [6.45, 7) is 6.01. The second-order valence-electron chi connectivity index (χ2n) is 8.07. The first-order valence-corrected chi connectivity index (χ1v) is 14.0. The first kappa shape index (κ1) is 23.7. The quantitative estimate of drug-likeness (QED) is 0.571. The van der Waals surface area contributed by atoms with E-state index in [1.165, 1.54) is 4.31 Å². The fourth-order valence-electron chi connectivity index (χ4n) is 3.81. The molecular formula is C21H29N5O3S3. The number of piperazine rings is 2. The molecule has 8 nitrogen and oxygen atoms in total. The molecule has 174 valence electrons. The third kappa shape index (κ3) is 5.52. The van der Waals surface area contributed by atoms with Gasteiger partial charge in [0.15, 0.2) is 0 Å². The number of aromatic nitrogens is 1. The fraction of sp³-hybridized carbons (Fsp3) is 0.524. The summed E-state index contributed by atoms with van der Waals surface area (Å²) in [4.78, 5) is 22.4. The van der Waals surface area contributed by atoms with E-state index in [0.29, 0.717) is 44.8 Å². The number of rotatable bonds is 6. The van der Waals surface area contributed by atoms with Crippen LogP contribution in [0.1, 0.15) is 21.1 Å². The van der Waals surface area contributed by atoms with Crippen LogP contribution in [0.3, 0.4) is 0 Å². The number of carbonyl (C=O) groups is 1. The Balaban J connectivity index is 1.29. The molecule has 2 aliphatic heterocycles. The van der Waals surface area contributed by atoms with Gasteiger partial charge in [0.25, 0.3) is 16.1 Å². The number of carbonyl (C=O) groups excluding carboxylic acids is 1. The Kier molecular flexibility index (Phi) is 7.53. The molecule has 0 atom stereocenters. The van der Waals surface area contributed by atoms with Gasteiger partial charge in [0.05, 0.1) is 10.7 Å². The molecular weight excluding hydrogens is 466 g/mol. The SMILES string of the molecule is Cc1nc(CSc2ccc(C(=O)N3CCN(S(=O)(=O)N4CCN(C)CC4)CC3)cc2)cs1. The van der Waals surface area contributed by atoms with Gasteiger partial charge in [0.2, 0.25) is 0 Å². The van der Waals surface area contributed by atoms with Gasteiger partial charge in [-0.1, -0.05) is 0 Å².